The number of benzene rings is 2. The smallest absolute Gasteiger partial charge is 0.321 e. The summed E-state index contributed by atoms with van der Waals surface area (Å²) in [4.78, 5) is 14.4. The van der Waals surface area contributed by atoms with E-state index in [2.05, 4.69) is 15.5 Å². The van der Waals surface area contributed by atoms with Crippen LogP contribution in [0, 0.1) is 6.92 Å². The summed E-state index contributed by atoms with van der Waals surface area (Å²) in [5.41, 5.74) is 3.11. The summed E-state index contributed by atoms with van der Waals surface area (Å²) < 4.78 is 5.83. The van der Waals surface area contributed by atoms with E-state index in [9.17, 15) is 4.79 Å². The first-order chi connectivity index (χ1) is 13.7. The molecule has 0 unspecified atom stereocenters. The van der Waals surface area contributed by atoms with Crippen LogP contribution in [0.25, 0.3) is 0 Å². The van der Waals surface area contributed by atoms with Crippen molar-refractivity contribution >= 4 is 11.7 Å². The molecule has 0 atom stereocenters. The van der Waals surface area contributed by atoms with Crippen LogP contribution in [0.4, 0.5) is 10.5 Å². The quantitative estimate of drug-likeness (QED) is 0.679. The molecular weight excluding hydrogens is 352 g/mol. The lowest BCUT2D eigenvalue weighted by atomic mass is 9.94. The number of anilines is 1. The maximum Gasteiger partial charge on any atom is 0.321 e. The lowest BCUT2D eigenvalue weighted by molar-refractivity contribution is 0.194. The molecule has 0 spiro atoms. The van der Waals surface area contributed by atoms with Gasteiger partial charge in [0.2, 0.25) is 0 Å². The summed E-state index contributed by atoms with van der Waals surface area (Å²) in [6.45, 7) is 3.52. The number of urea groups is 1. The molecule has 2 aromatic carbocycles. The van der Waals surface area contributed by atoms with E-state index in [4.69, 9.17) is 4.74 Å². The molecule has 144 valence electrons. The van der Waals surface area contributed by atoms with Gasteiger partial charge in [-0.25, -0.2) is 4.79 Å². The second-order valence-corrected chi connectivity index (χ2v) is 7.14. The average molecular weight is 376 g/mol. The van der Waals surface area contributed by atoms with Crippen LogP contribution in [-0.2, 0) is 0 Å². The Hall–Kier alpha value is -3.28. The first kappa shape index (κ1) is 18.1. The number of H-pyrrole nitrogens is 1. The number of piperidine rings is 1. The van der Waals surface area contributed by atoms with Gasteiger partial charge >= 0.3 is 6.03 Å². The molecule has 28 heavy (non-hydrogen) atoms. The van der Waals surface area contributed by atoms with Gasteiger partial charge in [0.25, 0.3) is 0 Å². The summed E-state index contributed by atoms with van der Waals surface area (Å²) in [7, 11) is 0. The summed E-state index contributed by atoms with van der Waals surface area (Å²) in [5.74, 6) is 1.98. The maximum atomic E-state index is 12.5. The van der Waals surface area contributed by atoms with E-state index in [0.29, 0.717) is 5.92 Å². The van der Waals surface area contributed by atoms with Gasteiger partial charge in [-0.1, -0.05) is 17.7 Å². The Kier molecular flexibility index (Phi) is 5.28. The van der Waals surface area contributed by atoms with Gasteiger partial charge in [-0.3, -0.25) is 5.10 Å². The molecule has 1 aliphatic heterocycles. The number of aromatic amines is 1. The number of nitrogens with one attached hydrogen (secondary N) is 2. The Morgan fingerprint density at radius 2 is 1.68 bits per heavy atom. The molecule has 6 nitrogen and oxygen atoms in total. The van der Waals surface area contributed by atoms with Gasteiger partial charge < -0.3 is 15.0 Å². The largest absolute Gasteiger partial charge is 0.457 e. The summed E-state index contributed by atoms with van der Waals surface area (Å²) in [6.07, 6.45) is 3.67. The number of nitrogens with zero attached hydrogens (tertiary/aromatic N) is 2. The third-order valence-electron chi connectivity index (χ3n) is 5.11. The van der Waals surface area contributed by atoms with Crippen molar-refractivity contribution in [3.63, 3.8) is 0 Å². The van der Waals surface area contributed by atoms with Gasteiger partial charge in [-0.05, 0) is 62.2 Å². The monoisotopic (exact) mass is 376 g/mol. The molecular formula is C22H24N4O2. The highest BCUT2D eigenvalue weighted by atomic mass is 16.5. The number of aryl methyl sites for hydroxylation is 1. The number of carbonyl (C=O) groups is 1. The summed E-state index contributed by atoms with van der Waals surface area (Å²) >= 11 is 0. The minimum absolute atomic E-state index is 0.0599. The number of aromatic nitrogens is 2. The molecule has 1 aliphatic rings. The van der Waals surface area contributed by atoms with E-state index >= 15 is 0 Å². The van der Waals surface area contributed by atoms with Gasteiger partial charge in [0.05, 0.1) is 0 Å². The maximum absolute atomic E-state index is 12.5. The zero-order valence-electron chi connectivity index (χ0n) is 15.9. The first-order valence-electron chi connectivity index (χ1n) is 9.57. The van der Waals surface area contributed by atoms with E-state index in [1.54, 1.807) is 6.20 Å². The van der Waals surface area contributed by atoms with Crippen molar-refractivity contribution in [3.8, 4) is 11.5 Å². The van der Waals surface area contributed by atoms with Crippen molar-refractivity contribution in [1.82, 2.24) is 15.1 Å². The van der Waals surface area contributed by atoms with E-state index < -0.39 is 0 Å². The molecule has 0 bridgehead atoms. The van der Waals surface area contributed by atoms with Gasteiger partial charge in [0.1, 0.15) is 11.5 Å². The Balaban J connectivity index is 1.29. The molecule has 1 fully saturated rings. The minimum atomic E-state index is -0.0599. The minimum Gasteiger partial charge on any atom is -0.457 e. The number of likely N-dealkylation sites (tertiary alicyclic amines) is 1. The zero-order valence-corrected chi connectivity index (χ0v) is 15.9. The van der Waals surface area contributed by atoms with Crippen molar-refractivity contribution in [2.24, 2.45) is 0 Å². The number of rotatable bonds is 4. The van der Waals surface area contributed by atoms with Crippen molar-refractivity contribution in [2.75, 3.05) is 18.4 Å². The fourth-order valence-corrected chi connectivity index (χ4v) is 3.44. The molecule has 2 amide bonds. The molecule has 6 heteroatoms. The topological polar surface area (TPSA) is 70.2 Å². The number of hydrogen-bond donors (Lipinski definition) is 2. The van der Waals surface area contributed by atoms with Gasteiger partial charge in [-0.15, -0.1) is 0 Å². The van der Waals surface area contributed by atoms with Crippen molar-refractivity contribution in [2.45, 2.75) is 25.7 Å². The Morgan fingerprint density at radius 3 is 2.29 bits per heavy atom. The van der Waals surface area contributed by atoms with E-state index in [1.165, 1.54) is 5.56 Å². The predicted molar refractivity (Wildman–Crippen MR) is 109 cm³/mol. The Morgan fingerprint density at radius 1 is 1.04 bits per heavy atom. The van der Waals surface area contributed by atoms with E-state index in [-0.39, 0.29) is 6.03 Å². The molecule has 3 aromatic rings. The van der Waals surface area contributed by atoms with Crippen LogP contribution < -0.4 is 10.1 Å². The standard InChI is InChI=1S/C22H24N4O2/c1-16-2-6-19(7-3-16)28-20-8-4-18(5-9-20)24-22(27)26-14-11-17(12-15-26)21-10-13-23-25-21/h2-10,13,17H,11-12,14-15H2,1H3,(H,23,25)(H,24,27). The lowest BCUT2D eigenvalue weighted by Gasteiger charge is -2.31. The van der Waals surface area contributed by atoms with Crippen LogP contribution in [0.15, 0.2) is 60.8 Å². The van der Waals surface area contributed by atoms with E-state index in [0.717, 1.165) is 48.8 Å². The summed E-state index contributed by atoms with van der Waals surface area (Å²) in [5, 5.41) is 10.0. The van der Waals surface area contributed by atoms with Gasteiger partial charge in [0.15, 0.2) is 0 Å². The first-order valence-corrected chi connectivity index (χ1v) is 9.57. The number of carbonyl (C=O) groups excluding carboxylic acids is 1. The fraction of sp³-hybridized carbons (Fsp3) is 0.273. The third kappa shape index (κ3) is 4.34. The van der Waals surface area contributed by atoms with Crippen LogP contribution in [0.2, 0.25) is 0 Å². The second-order valence-electron chi connectivity index (χ2n) is 7.14. The Labute approximate surface area is 164 Å². The van der Waals surface area contributed by atoms with Crippen LogP contribution in [0.3, 0.4) is 0 Å². The van der Waals surface area contributed by atoms with E-state index in [1.807, 2.05) is 66.4 Å². The highest BCUT2D eigenvalue weighted by Crippen LogP contribution is 2.27. The molecule has 0 radical (unpaired) electrons. The molecule has 0 saturated carbocycles. The Bertz CT molecular complexity index is 897. The third-order valence-corrected chi connectivity index (χ3v) is 5.11. The van der Waals surface area contributed by atoms with Crippen LogP contribution >= 0.6 is 0 Å². The second kappa shape index (κ2) is 8.17. The highest BCUT2D eigenvalue weighted by molar-refractivity contribution is 5.89. The zero-order chi connectivity index (χ0) is 19.3. The van der Waals surface area contributed by atoms with Crippen molar-refractivity contribution < 1.29 is 9.53 Å². The van der Waals surface area contributed by atoms with Crippen LogP contribution in [0.1, 0.15) is 30.0 Å². The molecule has 4 rings (SSSR count). The van der Waals surface area contributed by atoms with Crippen LogP contribution in [-0.4, -0.2) is 34.2 Å². The van der Waals surface area contributed by atoms with Gasteiger partial charge in [0, 0.05) is 36.6 Å². The predicted octanol–water partition coefficient (Wildman–Crippen LogP) is 4.92. The molecule has 0 aliphatic carbocycles. The fourth-order valence-electron chi connectivity index (χ4n) is 3.44. The highest BCUT2D eigenvalue weighted by Gasteiger charge is 2.24. The number of ether oxygens (including phenoxy) is 1. The average Bonchev–Trinajstić information content (AvgIpc) is 3.26. The summed E-state index contributed by atoms with van der Waals surface area (Å²) in [6, 6.07) is 17.3. The normalized spacial score (nSPS) is 14.7. The van der Waals surface area contributed by atoms with Crippen LogP contribution in [0.5, 0.6) is 11.5 Å². The molecule has 2 N–H and O–H groups in total. The lowest BCUT2D eigenvalue weighted by Crippen LogP contribution is -2.40. The number of hydrogen-bond acceptors (Lipinski definition) is 3. The number of amides is 2. The van der Waals surface area contributed by atoms with Crippen molar-refractivity contribution in [3.05, 3.63) is 72.1 Å². The van der Waals surface area contributed by atoms with Gasteiger partial charge in [-0.2, -0.15) is 5.10 Å². The molecule has 2 heterocycles. The SMILES string of the molecule is Cc1ccc(Oc2ccc(NC(=O)N3CCC(c4ccn[nH]4)CC3)cc2)cc1. The molecule has 1 aromatic heterocycles. The van der Waals surface area contributed by atoms with Crippen molar-refractivity contribution in [1.29, 1.82) is 0 Å². The molecule has 1 saturated heterocycles.